The van der Waals surface area contributed by atoms with Crippen molar-refractivity contribution in [1.29, 1.82) is 0 Å². The quantitative estimate of drug-likeness (QED) is 0.597. The van der Waals surface area contributed by atoms with Crippen molar-refractivity contribution in [3.8, 4) is 0 Å². The highest BCUT2D eigenvalue weighted by atomic mass is 32.2. The molecule has 0 spiro atoms. The maximum Gasteiger partial charge on any atom is 0.522 e. The van der Waals surface area contributed by atoms with Crippen molar-refractivity contribution in [2.45, 2.75) is 5.51 Å². The van der Waals surface area contributed by atoms with Crippen LogP contribution in [0.15, 0.2) is 29.8 Å². The first kappa shape index (κ1) is 13.9. The average molecular weight is 285 g/mol. The van der Waals surface area contributed by atoms with Gasteiger partial charge in [-0.3, -0.25) is 4.55 Å². The van der Waals surface area contributed by atoms with E-state index in [2.05, 4.69) is 11.1 Å². The zero-order valence-electron chi connectivity index (χ0n) is 8.05. The number of thiazole rings is 1. The summed E-state index contributed by atoms with van der Waals surface area (Å²) in [5.41, 5.74) is -2.57. The molecule has 0 radical (unpaired) electrons. The maximum absolute atomic E-state index is 10.7. The number of aromatic nitrogens is 1. The van der Waals surface area contributed by atoms with Gasteiger partial charge in [0, 0.05) is 0 Å². The predicted molar refractivity (Wildman–Crippen MR) is 57.2 cm³/mol. The summed E-state index contributed by atoms with van der Waals surface area (Å²) in [5, 5.41) is 0. The van der Waals surface area contributed by atoms with Crippen molar-refractivity contribution in [3.05, 3.63) is 29.8 Å². The molecule has 1 aromatic heterocycles. The highest BCUT2D eigenvalue weighted by molar-refractivity contribution is 7.86. The van der Waals surface area contributed by atoms with E-state index in [0.29, 0.717) is 0 Å². The number of para-hydroxylation sites is 1. The third-order valence-electron chi connectivity index (χ3n) is 1.53. The molecule has 17 heavy (non-hydrogen) atoms. The zero-order valence-corrected chi connectivity index (χ0v) is 9.68. The van der Waals surface area contributed by atoms with E-state index in [1.807, 2.05) is 23.7 Å². The van der Waals surface area contributed by atoms with Crippen LogP contribution in [0.2, 0.25) is 0 Å². The predicted octanol–water partition coefficient (Wildman–Crippen LogP) is 2.69. The fourth-order valence-corrected chi connectivity index (χ4v) is 1.48. The Hall–Kier alpha value is -1.19. The van der Waals surface area contributed by atoms with E-state index >= 15 is 0 Å². The van der Waals surface area contributed by atoms with E-state index in [1.54, 1.807) is 11.3 Å². The van der Waals surface area contributed by atoms with Gasteiger partial charge < -0.3 is 0 Å². The maximum atomic E-state index is 10.7. The molecule has 0 atom stereocenters. The summed E-state index contributed by atoms with van der Waals surface area (Å²) in [7, 11) is -5.84. The van der Waals surface area contributed by atoms with Crippen molar-refractivity contribution < 1.29 is 26.1 Å². The lowest BCUT2D eigenvalue weighted by Gasteiger charge is -1.97. The number of alkyl halides is 3. The van der Waals surface area contributed by atoms with Gasteiger partial charge >= 0.3 is 15.6 Å². The topological polar surface area (TPSA) is 67.3 Å². The summed E-state index contributed by atoms with van der Waals surface area (Å²) >= 11 is 1.68. The summed E-state index contributed by atoms with van der Waals surface area (Å²) in [5.74, 6) is 0. The molecule has 1 aromatic carbocycles. The lowest BCUT2D eigenvalue weighted by atomic mass is 10.3. The molecule has 0 saturated carbocycles. The minimum Gasteiger partial charge on any atom is -0.279 e. The van der Waals surface area contributed by atoms with Gasteiger partial charge in [-0.05, 0) is 12.1 Å². The Morgan fingerprint density at radius 3 is 2.24 bits per heavy atom. The number of nitrogens with zero attached hydrogens (tertiary/aromatic N) is 1. The molecule has 2 rings (SSSR count). The third kappa shape index (κ3) is 3.95. The van der Waals surface area contributed by atoms with E-state index in [1.165, 1.54) is 4.70 Å². The normalized spacial score (nSPS) is 12.0. The standard InChI is InChI=1S/C7H5NS.CHF3O3S/c1-2-4-7-6(3-1)8-5-9-7;2-1(3,4)8(5,6)7/h1-5H;(H,5,6,7). The van der Waals surface area contributed by atoms with Gasteiger partial charge in [-0.25, -0.2) is 4.98 Å². The van der Waals surface area contributed by atoms with Gasteiger partial charge in [-0.1, -0.05) is 12.1 Å². The van der Waals surface area contributed by atoms with Gasteiger partial charge in [0.25, 0.3) is 0 Å². The van der Waals surface area contributed by atoms with E-state index in [0.717, 1.165) is 5.52 Å². The van der Waals surface area contributed by atoms with Crippen molar-refractivity contribution in [2.75, 3.05) is 0 Å². The van der Waals surface area contributed by atoms with Crippen LogP contribution in [-0.4, -0.2) is 23.5 Å². The minimum absolute atomic E-state index is 1.10. The highest BCUT2D eigenvalue weighted by Crippen LogP contribution is 2.20. The minimum atomic E-state index is -5.84. The first-order valence-corrected chi connectivity index (χ1v) is 6.36. The fraction of sp³-hybridized carbons (Fsp3) is 0.125. The van der Waals surface area contributed by atoms with Gasteiger partial charge in [-0.2, -0.15) is 21.6 Å². The molecular weight excluding hydrogens is 279 g/mol. The molecule has 1 heterocycles. The Bertz CT molecular complexity index is 561. The van der Waals surface area contributed by atoms with Crippen LogP contribution in [0.5, 0.6) is 0 Å². The second-order valence-corrected chi connectivity index (χ2v) is 5.04. The number of halogens is 3. The van der Waals surface area contributed by atoms with Crippen molar-refractivity contribution >= 4 is 31.7 Å². The Labute approximate surface area is 98.5 Å². The van der Waals surface area contributed by atoms with Crippen LogP contribution in [0.4, 0.5) is 13.2 Å². The summed E-state index contributed by atoms with van der Waals surface area (Å²) < 4.78 is 58.8. The molecule has 0 aliphatic carbocycles. The highest BCUT2D eigenvalue weighted by Gasteiger charge is 2.44. The monoisotopic (exact) mass is 285 g/mol. The van der Waals surface area contributed by atoms with E-state index < -0.39 is 15.6 Å². The Balaban J connectivity index is 0.000000172. The average Bonchev–Trinajstić information content (AvgIpc) is 2.62. The number of rotatable bonds is 0. The lowest BCUT2D eigenvalue weighted by molar-refractivity contribution is -0.0510. The Morgan fingerprint density at radius 2 is 1.76 bits per heavy atom. The van der Waals surface area contributed by atoms with Crippen LogP contribution in [0, 0.1) is 0 Å². The van der Waals surface area contributed by atoms with Crippen molar-refractivity contribution in [3.63, 3.8) is 0 Å². The number of fused-ring (bicyclic) bond motifs is 1. The van der Waals surface area contributed by atoms with E-state index in [9.17, 15) is 13.2 Å². The molecule has 0 unspecified atom stereocenters. The first-order chi connectivity index (χ1) is 7.72. The van der Waals surface area contributed by atoms with Crippen LogP contribution in [0.25, 0.3) is 10.2 Å². The van der Waals surface area contributed by atoms with E-state index in [-0.39, 0.29) is 0 Å². The lowest BCUT2D eigenvalue weighted by Crippen LogP contribution is -2.21. The fourth-order valence-electron chi connectivity index (χ4n) is 0.803. The summed E-state index contributed by atoms with van der Waals surface area (Å²) in [4.78, 5) is 4.14. The van der Waals surface area contributed by atoms with Gasteiger partial charge in [0.2, 0.25) is 0 Å². The van der Waals surface area contributed by atoms with Gasteiger partial charge in [0.1, 0.15) is 0 Å². The second kappa shape index (κ2) is 4.98. The van der Waals surface area contributed by atoms with Crippen molar-refractivity contribution in [1.82, 2.24) is 4.98 Å². The van der Waals surface area contributed by atoms with Crippen LogP contribution < -0.4 is 0 Å². The largest absolute Gasteiger partial charge is 0.522 e. The molecule has 0 aliphatic rings. The Kier molecular flexibility index (Phi) is 4.07. The molecule has 1 N–H and O–H groups in total. The van der Waals surface area contributed by atoms with Gasteiger partial charge in [0.05, 0.1) is 15.7 Å². The summed E-state index contributed by atoms with van der Waals surface area (Å²) in [6, 6.07) is 8.13. The number of hydrogen-bond acceptors (Lipinski definition) is 4. The molecule has 0 fully saturated rings. The third-order valence-corrected chi connectivity index (χ3v) is 2.92. The molecule has 94 valence electrons. The second-order valence-electron chi connectivity index (χ2n) is 2.74. The van der Waals surface area contributed by atoms with Crippen molar-refractivity contribution in [2.24, 2.45) is 0 Å². The smallest absolute Gasteiger partial charge is 0.279 e. The molecular formula is C8H6F3NO3S2. The van der Waals surface area contributed by atoms with Gasteiger partial charge in [0.15, 0.2) is 0 Å². The molecule has 4 nitrogen and oxygen atoms in total. The molecule has 0 aliphatic heterocycles. The SMILES string of the molecule is O=S(=O)(O)C(F)(F)F.c1ccc2scnc2c1. The molecule has 0 saturated heterocycles. The zero-order chi connectivity index (χ0) is 13.1. The molecule has 2 aromatic rings. The van der Waals surface area contributed by atoms with Gasteiger partial charge in [-0.15, -0.1) is 11.3 Å². The molecule has 9 heteroatoms. The summed E-state index contributed by atoms with van der Waals surface area (Å²) in [6.07, 6.45) is 0. The van der Waals surface area contributed by atoms with Crippen LogP contribution in [0.3, 0.4) is 0 Å². The summed E-state index contributed by atoms with van der Waals surface area (Å²) in [6.45, 7) is 0. The van der Waals surface area contributed by atoms with E-state index in [4.69, 9.17) is 13.0 Å². The van der Waals surface area contributed by atoms with Crippen LogP contribution in [-0.2, 0) is 10.1 Å². The number of hydrogen-bond donors (Lipinski definition) is 1. The molecule has 0 bridgehead atoms. The molecule has 0 amide bonds. The Morgan fingerprint density at radius 1 is 1.24 bits per heavy atom. The van der Waals surface area contributed by atoms with Crippen LogP contribution in [0.1, 0.15) is 0 Å². The first-order valence-electron chi connectivity index (χ1n) is 4.04. The number of benzene rings is 1. The van der Waals surface area contributed by atoms with Crippen LogP contribution >= 0.6 is 11.3 Å².